The molecule has 0 aliphatic rings. The fourth-order valence-electron chi connectivity index (χ4n) is 2.46. The van der Waals surface area contributed by atoms with E-state index in [9.17, 15) is 9.59 Å². The zero-order chi connectivity index (χ0) is 19.9. The Bertz CT molecular complexity index is 990. The van der Waals surface area contributed by atoms with Crippen LogP contribution >= 0.6 is 11.6 Å². The summed E-state index contributed by atoms with van der Waals surface area (Å²) in [6.07, 6.45) is 0. The van der Waals surface area contributed by atoms with Crippen LogP contribution in [0.3, 0.4) is 0 Å². The first kappa shape index (κ1) is 19.3. The summed E-state index contributed by atoms with van der Waals surface area (Å²) >= 11 is 6.14. The van der Waals surface area contributed by atoms with Crippen molar-refractivity contribution in [2.75, 3.05) is 5.32 Å². The molecule has 142 valence electrons. The van der Waals surface area contributed by atoms with Crippen molar-refractivity contribution in [3.63, 3.8) is 0 Å². The van der Waals surface area contributed by atoms with Crippen molar-refractivity contribution in [3.05, 3.63) is 88.9 Å². The SMILES string of the molecule is NC(=O)NCc1ccc(C(=O)Nc2ccccc2Oc2ccccc2Cl)cc1. The van der Waals surface area contributed by atoms with E-state index in [2.05, 4.69) is 10.6 Å². The van der Waals surface area contributed by atoms with Crippen molar-refractivity contribution in [3.8, 4) is 11.5 Å². The molecule has 0 atom stereocenters. The molecular weight excluding hydrogens is 378 g/mol. The zero-order valence-corrected chi connectivity index (χ0v) is 15.6. The molecule has 3 aromatic carbocycles. The Labute approximate surface area is 167 Å². The van der Waals surface area contributed by atoms with Crippen molar-refractivity contribution < 1.29 is 14.3 Å². The van der Waals surface area contributed by atoms with E-state index in [-0.39, 0.29) is 5.91 Å². The van der Waals surface area contributed by atoms with Gasteiger partial charge in [-0.3, -0.25) is 4.79 Å². The summed E-state index contributed by atoms with van der Waals surface area (Å²) in [5.41, 5.74) is 6.87. The first-order valence-electron chi connectivity index (χ1n) is 8.48. The van der Waals surface area contributed by atoms with Gasteiger partial charge >= 0.3 is 6.03 Å². The molecule has 3 amide bonds. The molecule has 0 fully saturated rings. The van der Waals surface area contributed by atoms with E-state index in [1.54, 1.807) is 54.6 Å². The number of nitrogens with two attached hydrogens (primary N) is 1. The summed E-state index contributed by atoms with van der Waals surface area (Å²) in [6.45, 7) is 0.297. The van der Waals surface area contributed by atoms with Gasteiger partial charge in [0, 0.05) is 12.1 Å². The first-order valence-corrected chi connectivity index (χ1v) is 8.86. The van der Waals surface area contributed by atoms with Gasteiger partial charge in [-0.05, 0) is 42.0 Å². The van der Waals surface area contributed by atoms with E-state index < -0.39 is 6.03 Å². The molecule has 0 bridgehead atoms. The van der Waals surface area contributed by atoms with Crippen LogP contribution in [0.5, 0.6) is 11.5 Å². The van der Waals surface area contributed by atoms with E-state index in [4.69, 9.17) is 22.1 Å². The Kier molecular flexibility index (Phi) is 6.14. The van der Waals surface area contributed by atoms with Crippen LogP contribution in [0.2, 0.25) is 5.02 Å². The van der Waals surface area contributed by atoms with E-state index >= 15 is 0 Å². The number of amides is 3. The highest BCUT2D eigenvalue weighted by Gasteiger charge is 2.11. The second kappa shape index (κ2) is 8.92. The summed E-state index contributed by atoms with van der Waals surface area (Å²) in [5, 5.41) is 5.81. The van der Waals surface area contributed by atoms with E-state index in [0.29, 0.717) is 34.3 Å². The van der Waals surface area contributed by atoms with E-state index in [1.807, 2.05) is 18.2 Å². The van der Waals surface area contributed by atoms with E-state index in [0.717, 1.165) is 5.56 Å². The molecule has 6 nitrogen and oxygen atoms in total. The average Bonchev–Trinajstić information content (AvgIpc) is 2.70. The molecule has 0 unspecified atom stereocenters. The van der Waals surface area contributed by atoms with Crippen molar-refractivity contribution in [2.24, 2.45) is 5.73 Å². The molecule has 0 radical (unpaired) electrons. The zero-order valence-electron chi connectivity index (χ0n) is 14.8. The molecule has 3 aromatic rings. The van der Waals surface area contributed by atoms with Crippen LogP contribution in [-0.2, 0) is 6.54 Å². The highest BCUT2D eigenvalue weighted by atomic mass is 35.5. The van der Waals surface area contributed by atoms with Gasteiger partial charge in [0.1, 0.15) is 5.75 Å². The first-order chi connectivity index (χ1) is 13.5. The molecule has 3 rings (SSSR count). The molecule has 4 N–H and O–H groups in total. The molecule has 7 heteroatoms. The Morgan fingerprint density at radius 2 is 1.54 bits per heavy atom. The molecule has 0 heterocycles. The Morgan fingerprint density at radius 3 is 2.21 bits per heavy atom. The third kappa shape index (κ3) is 5.02. The number of nitrogens with one attached hydrogen (secondary N) is 2. The van der Waals surface area contributed by atoms with Gasteiger partial charge in [0.25, 0.3) is 5.91 Å². The van der Waals surface area contributed by atoms with Gasteiger partial charge < -0.3 is 21.1 Å². The van der Waals surface area contributed by atoms with Crippen LogP contribution in [0.1, 0.15) is 15.9 Å². The molecular formula is C21H18ClN3O3. The van der Waals surface area contributed by atoms with Crippen molar-refractivity contribution in [2.45, 2.75) is 6.54 Å². The average molecular weight is 396 g/mol. The second-order valence-corrected chi connectivity index (χ2v) is 6.30. The maximum atomic E-state index is 12.6. The molecule has 0 aliphatic heterocycles. The van der Waals surface area contributed by atoms with Crippen LogP contribution in [0.15, 0.2) is 72.8 Å². The molecule has 28 heavy (non-hydrogen) atoms. The Balaban J connectivity index is 1.72. The fourth-order valence-corrected chi connectivity index (χ4v) is 2.64. The third-order valence-corrected chi connectivity index (χ3v) is 4.19. The minimum absolute atomic E-state index is 0.287. The number of halogens is 1. The van der Waals surface area contributed by atoms with Crippen molar-refractivity contribution in [1.82, 2.24) is 5.32 Å². The molecule has 0 saturated heterocycles. The van der Waals surface area contributed by atoms with Gasteiger partial charge in [-0.1, -0.05) is 48.0 Å². The second-order valence-electron chi connectivity index (χ2n) is 5.90. The predicted molar refractivity (Wildman–Crippen MR) is 109 cm³/mol. The van der Waals surface area contributed by atoms with Gasteiger partial charge in [0.05, 0.1) is 10.7 Å². The van der Waals surface area contributed by atoms with Crippen LogP contribution in [-0.4, -0.2) is 11.9 Å². The lowest BCUT2D eigenvalue weighted by molar-refractivity contribution is 0.102. The third-order valence-electron chi connectivity index (χ3n) is 3.87. The summed E-state index contributed by atoms with van der Waals surface area (Å²) in [6, 6.07) is 20.4. The minimum atomic E-state index is -0.600. The highest BCUT2D eigenvalue weighted by molar-refractivity contribution is 6.32. The number of hydrogen-bond acceptors (Lipinski definition) is 3. The van der Waals surface area contributed by atoms with Gasteiger partial charge in [-0.25, -0.2) is 4.79 Å². The van der Waals surface area contributed by atoms with Gasteiger partial charge in [0.15, 0.2) is 5.75 Å². The largest absolute Gasteiger partial charge is 0.454 e. The van der Waals surface area contributed by atoms with Gasteiger partial charge in [-0.2, -0.15) is 0 Å². The number of carbonyl (C=O) groups is 2. The fraction of sp³-hybridized carbons (Fsp3) is 0.0476. The summed E-state index contributed by atoms with van der Waals surface area (Å²) < 4.78 is 5.85. The number of carbonyl (C=O) groups excluding carboxylic acids is 2. The number of hydrogen-bond donors (Lipinski definition) is 3. The smallest absolute Gasteiger partial charge is 0.312 e. The highest BCUT2D eigenvalue weighted by Crippen LogP contribution is 2.33. The molecule has 0 aromatic heterocycles. The maximum absolute atomic E-state index is 12.6. The maximum Gasteiger partial charge on any atom is 0.312 e. The number of primary amides is 1. The van der Waals surface area contributed by atoms with E-state index in [1.165, 1.54) is 0 Å². The van der Waals surface area contributed by atoms with Crippen LogP contribution in [0, 0.1) is 0 Å². The lowest BCUT2D eigenvalue weighted by Gasteiger charge is -2.13. The lowest BCUT2D eigenvalue weighted by Crippen LogP contribution is -2.28. The number of rotatable bonds is 6. The van der Waals surface area contributed by atoms with Gasteiger partial charge in [-0.15, -0.1) is 0 Å². The number of ether oxygens (including phenoxy) is 1. The summed E-state index contributed by atoms with van der Waals surface area (Å²) in [4.78, 5) is 23.3. The number of anilines is 1. The Hall–Kier alpha value is -3.51. The predicted octanol–water partition coefficient (Wildman–Crippen LogP) is 4.55. The lowest BCUT2D eigenvalue weighted by atomic mass is 10.1. The number of urea groups is 1. The number of benzene rings is 3. The summed E-state index contributed by atoms with van der Waals surface area (Å²) in [5.74, 6) is 0.688. The Morgan fingerprint density at radius 1 is 0.893 bits per heavy atom. The van der Waals surface area contributed by atoms with Crippen LogP contribution in [0.4, 0.5) is 10.5 Å². The number of para-hydroxylation sites is 3. The quantitative estimate of drug-likeness (QED) is 0.571. The summed E-state index contributed by atoms with van der Waals surface area (Å²) in [7, 11) is 0. The van der Waals surface area contributed by atoms with Crippen molar-refractivity contribution >= 4 is 29.2 Å². The van der Waals surface area contributed by atoms with Crippen LogP contribution in [0.25, 0.3) is 0 Å². The molecule has 0 spiro atoms. The topological polar surface area (TPSA) is 93.5 Å². The monoisotopic (exact) mass is 395 g/mol. The van der Waals surface area contributed by atoms with Crippen molar-refractivity contribution in [1.29, 1.82) is 0 Å². The van der Waals surface area contributed by atoms with Gasteiger partial charge in [0.2, 0.25) is 0 Å². The normalized spacial score (nSPS) is 10.2. The minimum Gasteiger partial charge on any atom is -0.454 e. The molecule has 0 aliphatic carbocycles. The molecule has 0 saturated carbocycles. The standard InChI is InChI=1S/C21H18ClN3O3/c22-16-5-1-3-7-18(16)28-19-8-4-2-6-17(19)25-20(26)15-11-9-14(10-12-15)13-24-21(23)27/h1-12H,13H2,(H,25,26)(H3,23,24,27). The van der Waals surface area contributed by atoms with Crippen LogP contribution < -0.4 is 21.1 Å².